The smallest absolute Gasteiger partial charge is 0.305 e. The number of hydrogen-bond donors (Lipinski definition) is 2. The number of hydrogen-bond acceptors (Lipinski definition) is 5. The topological polar surface area (TPSA) is 95.9 Å². The summed E-state index contributed by atoms with van der Waals surface area (Å²) in [6.45, 7) is 2.57. The second kappa shape index (κ2) is 9.04. The van der Waals surface area contributed by atoms with Crippen molar-refractivity contribution in [2.24, 2.45) is 0 Å². The molecule has 8 heteroatoms. The van der Waals surface area contributed by atoms with E-state index in [1.807, 2.05) is 29.2 Å². The third kappa shape index (κ3) is 4.59. The Morgan fingerprint density at radius 3 is 2.70 bits per heavy atom. The van der Waals surface area contributed by atoms with Crippen molar-refractivity contribution in [2.45, 2.75) is 30.7 Å². The summed E-state index contributed by atoms with van der Waals surface area (Å²) in [5.74, 6) is 2.39. The average molecular weight is 465 g/mol. The summed E-state index contributed by atoms with van der Waals surface area (Å²) in [4.78, 5) is 13.3. The van der Waals surface area contributed by atoms with Gasteiger partial charge in [-0.15, -0.1) is 6.42 Å². The van der Waals surface area contributed by atoms with Gasteiger partial charge in [0, 0.05) is 28.9 Å². The molecule has 1 aliphatic rings. The molecule has 0 saturated heterocycles. The lowest BCUT2D eigenvalue weighted by atomic mass is 10.0. The van der Waals surface area contributed by atoms with Gasteiger partial charge in [0.2, 0.25) is 0 Å². The van der Waals surface area contributed by atoms with E-state index >= 15 is 0 Å². The fourth-order valence-corrected chi connectivity index (χ4v) is 5.23. The molecule has 0 radical (unpaired) electrons. The Balaban J connectivity index is 1.73. The van der Waals surface area contributed by atoms with Gasteiger partial charge in [0.05, 0.1) is 30.2 Å². The van der Waals surface area contributed by atoms with Crippen LogP contribution in [0.1, 0.15) is 18.9 Å². The second-order valence-electron chi connectivity index (χ2n) is 7.93. The SMILES string of the molecule is C#CCN(c1ccc(NS(=O)(=O)c2ccc3c(c2)CCO3)c2ccccc12)[C@@H](C)CC(=O)O. The number of benzene rings is 3. The molecule has 0 aliphatic carbocycles. The van der Waals surface area contributed by atoms with Crippen LogP contribution in [-0.4, -0.2) is 38.7 Å². The van der Waals surface area contributed by atoms with Crippen molar-refractivity contribution >= 4 is 38.1 Å². The van der Waals surface area contributed by atoms with Crippen LogP contribution in [0.2, 0.25) is 0 Å². The number of ether oxygens (including phenoxy) is 1. The van der Waals surface area contributed by atoms with Crippen LogP contribution >= 0.6 is 0 Å². The Hall–Kier alpha value is -3.70. The number of terminal acetylenes is 1. The highest BCUT2D eigenvalue weighted by Gasteiger charge is 2.23. The molecular formula is C25H24N2O5S. The van der Waals surface area contributed by atoms with E-state index in [0.29, 0.717) is 29.9 Å². The van der Waals surface area contributed by atoms with Crippen LogP contribution < -0.4 is 14.4 Å². The molecule has 1 atom stereocenters. The number of nitrogens with one attached hydrogen (secondary N) is 1. The summed E-state index contributed by atoms with van der Waals surface area (Å²) in [5, 5.41) is 10.7. The fraction of sp³-hybridized carbons (Fsp3) is 0.240. The molecule has 7 nitrogen and oxygen atoms in total. The van der Waals surface area contributed by atoms with Crippen molar-refractivity contribution in [3.05, 3.63) is 60.2 Å². The number of fused-ring (bicyclic) bond motifs is 2. The Labute approximate surface area is 193 Å². The van der Waals surface area contributed by atoms with Crippen molar-refractivity contribution in [3.63, 3.8) is 0 Å². The first-order valence-electron chi connectivity index (χ1n) is 10.5. The van der Waals surface area contributed by atoms with Crippen LogP contribution in [-0.2, 0) is 21.2 Å². The highest BCUT2D eigenvalue weighted by molar-refractivity contribution is 7.92. The predicted octanol–water partition coefficient (Wildman–Crippen LogP) is 3.88. The first-order valence-corrected chi connectivity index (χ1v) is 12.0. The Kier molecular flexibility index (Phi) is 6.16. The Morgan fingerprint density at radius 2 is 1.97 bits per heavy atom. The summed E-state index contributed by atoms with van der Waals surface area (Å²) in [5.41, 5.74) is 2.04. The third-order valence-corrected chi connectivity index (χ3v) is 7.05. The molecule has 0 spiro atoms. The van der Waals surface area contributed by atoms with Gasteiger partial charge in [-0.05, 0) is 42.8 Å². The number of carboxylic acids is 1. The first kappa shape index (κ1) is 22.5. The van der Waals surface area contributed by atoms with Gasteiger partial charge < -0.3 is 14.7 Å². The third-order valence-electron chi connectivity index (χ3n) is 5.69. The zero-order valence-electron chi connectivity index (χ0n) is 18.1. The molecule has 170 valence electrons. The largest absolute Gasteiger partial charge is 0.493 e. The zero-order chi connectivity index (χ0) is 23.6. The second-order valence-corrected chi connectivity index (χ2v) is 9.61. The maximum absolute atomic E-state index is 13.1. The van der Waals surface area contributed by atoms with Crippen molar-refractivity contribution < 1.29 is 23.1 Å². The number of rotatable bonds is 8. The molecule has 2 N–H and O–H groups in total. The molecule has 0 unspecified atom stereocenters. The van der Waals surface area contributed by atoms with E-state index in [0.717, 1.165) is 16.6 Å². The average Bonchev–Trinajstić information content (AvgIpc) is 3.25. The molecule has 0 fully saturated rings. The van der Waals surface area contributed by atoms with Gasteiger partial charge >= 0.3 is 5.97 Å². The lowest BCUT2D eigenvalue weighted by Crippen LogP contribution is -2.35. The number of sulfonamides is 1. The van der Waals surface area contributed by atoms with Gasteiger partial charge in [-0.3, -0.25) is 9.52 Å². The summed E-state index contributed by atoms with van der Waals surface area (Å²) in [7, 11) is -3.83. The van der Waals surface area contributed by atoms with Crippen LogP contribution in [0.4, 0.5) is 11.4 Å². The highest BCUT2D eigenvalue weighted by atomic mass is 32.2. The van der Waals surface area contributed by atoms with Gasteiger partial charge in [-0.25, -0.2) is 8.42 Å². The van der Waals surface area contributed by atoms with Gasteiger partial charge in [0.15, 0.2) is 0 Å². The summed E-state index contributed by atoms with van der Waals surface area (Å²) >= 11 is 0. The van der Waals surface area contributed by atoms with E-state index in [4.69, 9.17) is 11.2 Å². The summed E-state index contributed by atoms with van der Waals surface area (Å²) < 4.78 is 34.5. The predicted molar refractivity (Wildman–Crippen MR) is 128 cm³/mol. The lowest BCUT2D eigenvalue weighted by Gasteiger charge is -2.30. The molecule has 33 heavy (non-hydrogen) atoms. The van der Waals surface area contributed by atoms with E-state index in [1.54, 1.807) is 31.2 Å². The normalized spacial score (nSPS) is 13.6. The molecule has 1 aliphatic heterocycles. The van der Waals surface area contributed by atoms with E-state index in [9.17, 15) is 18.3 Å². The van der Waals surface area contributed by atoms with Crippen LogP contribution in [0.15, 0.2) is 59.5 Å². The highest BCUT2D eigenvalue weighted by Crippen LogP contribution is 2.35. The lowest BCUT2D eigenvalue weighted by molar-refractivity contribution is -0.137. The zero-order valence-corrected chi connectivity index (χ0v) is 18.9. The summed E-state index contributed by atoms with van der Waals surface area (Å²) in [6.07, 6.45) is 6.16. The van der Waals surface area contributed by atoms with Crippen molar-refractivity contribution in [1.82, 2.24) is 0 Å². The first-order chi connectivity index (χ1) is 15.8. The van der Waals surface area contributed by atoms with Crippen LogP contribution in [0.5, 0.6) is 5.75 Å². The fourth-order valence-electron chi connectivity index (χ4n) is 4.10. The minimum atomic E-state index is -3.83. The molecule has 0 amide bonds. The van der Waals surface area contributed by atoms with Crippen LogP contribution in [0.3, 0.4) is 0 Å². The molecule has 1 heterocycles. The van der Waals surface area contributed by atoms with Crippen molar-refractivity contribution in [3.8, 4) is 18.1 Å². The van der Waals surface area contributed by atoms with Gasteiger partial charge in [0.25, 0.3) is 10.0 Å². The molecular weight excluding hydrogens is 440 g/mol. The van der Waals surface area contributed by atoms with E-state index in [2.05, 4.69) is 10.6 Å². The molecule has 4 rings (SSSR count). The number of nitrogens with zero attached hydrogens (tertiary/aromatic N) is 1. The number of anilines is 2. The van der Waals surface area contributed by atoms with E-state index in [1.165, 1.54) is 6.07 Å². The molecule has 3 aromatic carbocycles. The monoisotopic (exact) mass is 464 g/mol. The molecule has 3 aromatic rings. The van der Waals surface area contributed by atoms with Crippen LogP contribution in [0.25, 0.3) is 10.8 Å². The Morgan fingerprint density at radius 1 is 1.21 bits per heavy atom. The maximum atomic E-state index is 13.1. The number of carboxylic acid groups (broad SMARTS) is 1. The summed E-state index contributed by atoms with van der Waals surface area (Å²) in [6, 6.07) is 15.3. The van der Waals surface area contributed by atoms with Crippen molar-refractivity contribution in [1.29, 1.82) is 0 Å². The minimum absolute atomic E-state index is 0.0770. The van der Waals surface area contributed by atoms with Gasteiger partial charge in [0.1, 0.15) is 5.75 Å². The van der Waals surface area contributed by atoms with Gasteiger partial charge in [-0.2, -0.15) is 0 Å². The maximum Gasteiger partial charge on any atom is 0.305 e. The number of aliphatic carboxylic acids is 1. The molecule has 0 bridgehead atoms. The van der Waals surface area contributed by atoms with E-state index in [-0.39, 0.29) is 23.9 Å². The standard InChI is InChI=1S/C25H24N2O5S/c1-3-13-27(17(2)15-25(28)29)23-10-9-22(20-6-4-5-7-21(20)23)26-33(30,31)19-8-11-24-18(16-19)12-14-32-24/h1,4-11,16-17,26H,12-15H2,2H3,(H,28,29)/t17-/m0/s1. The van der Waals surface area contributed by atoms with Crippen LogP contribution in [0, 0.1) is 12.3 Å². The van der Waals surface area contributed by atoms with Crippen molar-refractivity contribution in [2.75, 3.05) is 22.8 Å². The molecule has 0 aromatic heterocycles. The number of carbonyl (C=O) groups is 1. The van der Waals surface area contributed by atoms with E-state index < -0.39 is 16.0 Å². The molecule has 0 saturated carbocycles. The quantitative estimate of drug-likeness (QED) is 0.491. The van der Waals surface area contributed by atoms with Gasteiger partial charge in [-0.1, -0.05) is 30.2 Å². The minimum Gasteiger partial charge on any atom is -0.493 e. The Bertz CT molecular complexity index is 1360.